The van der Waals surface area contributed by atoms with Crippen molar-refractivity contribution >= 4 is 0 Å². The van der Waals surface area contributed by atoms with Gasteiger partial charge in [0.1, 0.15) is 12.4 Å². The number of hydrogen-bond acceptors (Lipinski definition) is 4. The first kappa shape index (κ1) is 13.5. The standard InChI is InChI=1S/C15H19N3O/c1-3-16-10-13-9-12(2)17-15(18-13)11-19-14-7-5-4-6-8-14/h4-9,16H,3,10-11H2,1-2H3. The summed E-state index contributed by atoms with van der Waals surface area (Å²) in [6.45, 7) is 6.14. The number of hydrogen-bond donors (Lipinski definition) is 1. The Bertz CT molecular complexity index is 514. The summed E-state index contributed by atoms with van der Waals surface area (Å²) in [6, 6.07) is 11.7. The predicted octanol–water partition coefficient (Wildman–Crippen LogP) is 2.47. The maximum atomic E-state index is 5.66. The molecular weight excluding hydrogens is 238 g/mol. The number of aryl methyl sites for hydroxylation is 1. The van der Waals surface area contributed by atoms with Gasteiger partial charge in [-0.2, -0.15) is 0 Å². The van der Waals surface area contributed by atoms with E-state index in [2.05, 4.69) is 22.2 Å². The third-order valence-electron chi connectivity index (χ3n) is 2.62. The van der Waals surface area contributed by atoms with Gasteiger partial charge in [0.05, 0.1) is 5.69 Å². The summed E-state index contributed by atoms with van der Waals surface area (Å²) in [4.78, 5) is 8.88. The van der Waals surface area contributed by atoms with Crippen molar-refractivity contribution in [2.24, 2.45) is 0 Å². The number of para-hydroxylation sites is 1. The fourth-order valence-corrected chi connectivity index (χ4v) is 1.77. The van der Waals surface area contributed by atoms with Crippen LogP contribution in [0.1, 0.15) is 24.1 Å². The van der Waals surface area contributed by atoms with Crippen LogP contribution >= 0.6 is 0 Å². The van der Waals surface area contributed by atoms with Gasteiger partial charge in [-0.25, -0.2) is 9.97 Å². The first-order valence-corrected chi connectivity index (χ1v) is 6.50. The molecule has 0 aliphatic heterocycles. The van der Waals surface area contributed by atoms with Crippen LogP contribution in [-0.2, 0) is 13.2 Å². The molecular formula is C15H19N3O. The summed E-state index contributed by atoms with van der Waals surface area (Å²) in [5, 5.41) is 3.26. The lowest BCUT2D eigenvalue weighted by atomic mass is 10.3. The molecule has 1 heterocycles. The van der Waals surface area contributed by atoms with Gasteiger partial charge in [0.25, 0.3) is 0 Å². The van der Waals surface area contributed by atoms with Gasteiger partial charge < -0.3 is 10.1 Å². The van der Waals surface area contributed by atoms with E-state index < -0.39 is 0 Å². The van der Waals surface area contributed by atoms with Crippen LogP contribution in [0.5, 0.6) is 5.75 Å². The highest BCUT2D eigenvalue weighted by molar-refractivity contribution is 5.21. The van der Waals surface area contributed by atoms with Gasteiger partial charge in [0, 0.05) is 12.2 Å². The van der Waals surface area contributed by atoms with E-state index in [0.717, 1.165) is 36.1 Å². The SMILES string of the molecule is CCNCc1cc(C)nc(COc2ccccc2)n1. The minimum absolute atomic E-state index is 0.394. The second kappa shape index (κ2) is 6.85. The summed E-state index contributed by atoms with van der Waals surface area (Å²) in [6.07, 6.45) is 0. The van der Waals surface area contributed by atoms with Gasteiger partial charge in [0.2, 0.25) is 0 Å². The van der Waals surface area contributed by atoms with Gasteiger partial charge >= 0.3 is 0 Å². The number of aromatic nitrogens is 2. The van der Waals surface area contributed by atoms with Crippen molar-refractivity contribution in [3.8, 4) is 5.75 Å². The van der Waals surface area contributed by atoms with Crippen LogP contribution in [0.15, 0.2) is 36.4 Å². The average molecular weight is 257 g/mol. The normalized spacial score (nSPS) is 10.4. The van der Waals surface area contributed by atoms with Crippen molar-refractivity contribution < 1.29 is 4.74 Å². The van der Waals surface area contributed by atoms with E-state index in [1.54, 1.807) is 0 Å². The van der Waals surface area contributed by atoms with Crippen molar-refractivity contribution in [3.05, 3.63) is 53.6 Å². The molecule has 100 valence electrons. The van der Waals surface area contributed by atoms with Gasteiger partial charge in [0.15, 0.2) is 5.82 Å². The van der Waals surface area contributed by atoms with Crippen molar-refractivity contribution in [1.82, 2.24) is 15.3 Å². The second-order valence-electron chi connectivity index (χ2n) is 4.30. The molecule has 0 amide bonds. The topological polar surface area (TPSA) is 47.0 Å². The number of nitrogens with zero attached hydrogens (tertiary/aromatic N) is 2. The fraction of sp³-hybridized carbons (Fsp3) is 0.333. The van der Waals surface area contributed by atoms with Crippen LogP contribution < -0.4 is 10.1 Å². The van der Waals surface area contributed by atoms with Crippen molar-refractivity contribution in [3.63, 3.8) is 0 Å². The Morgan fingerprint density at radius 2 is 1.95 bits per heavy atom. The molecule has 0 unspecified atom stereocenters. The van der Waals surface area contributed by atoms with Crippen molar-refractivity contribution in [2.45, 2.75) is 27.0 Å². The molecule has 0 atom stereocenters. The Morgan fingerprint density at radius 1 is 1.16 bits per heavy atom. The molecule has 0 radical (unpaired) electrons. The van der Waals surface area contributed by atoms with E-state index in [1.165, 1.54) is 0 Å². The largest absolute Gasteiger partial charge is 0.486 e. The molecule has 4 heteroatoms. The van der Waals surface area contributed by atoms with Crippen LogP contribution in [0.3, 0.4) is 0 Å². The van der Waals surface area contributed by atoms with E-state index in [1.807, 2.05) is 43.3 Å². The number of nitrogens with one attached hydrogen (secondary N) is 1. The van der Waals surface area contributed by atoms with Crippen molar-refractivity contribution in [2.75, 3.05) is 6.54 Å². The lowest BCUT2D eigenvalue weighted by molar-refractivity contribution is 0.295. The Balaban J connectivity index is 2.01. The highest BCUT2D eigenvalue weighted by Crippen LogP contribution is 2.10. The Kier molecular flexibility index (Phi) is 4.86. The van der Waals surface area contributed by atoms with Crippen LogP contribution in [0.2, 0.25) is 0 Å². The zero-order valence-electron chi connectivity index (χ0n) is 11.4. The summed E-state index contributed by atoms with van der Waals surface area (Å²) < 4.78 is 5.66. The summed E-state index contributed by atoms with van der Waals surface area (Å²) >= 11 is 0. The highest BCUT2D eigenvalue weighted by Gasteiger charge is 2.03. The van der Waals surface area contributed by atoms with E-state index >= 15 is 0 Å². The summed E-state index contributed by atoms with van der Waals surface area (Å²) in [5.74, 6) is 1.55. The van der Waals surface area contributed by atoms with E-state index in [4.69, 9.17) is 4.74 Å². The molecule has 0 bridgehead atoms. The smallest absolute Gasteiger partial charge is 0.166 e. The van der Waals surface area contributed by atoms with Crippen LogP contribution in [-0.4, -0.2) is 16.5 Å². The Morgan fingerprint density at radius 3 is 2.68 bits per heavy atom. The lowest BCUT2D eigenvalue weighted by Crippen LogP contribution is -2.15. The lowest BCUT2D eigenvalue weighted by Gasteiger charge is -2.08. The van der Waals surface area contributed by atoms with Crippen molar-refractivity contribution in [1.29, 1.82) is 0 Å². The molecule has 0 saturated heterocycles. The Labute approximate surface area is 113 Å². The third kappa shape index (κ3) is 4.34. The summed E-state index contributed by atoms with van der Waals surface area (Å²) in [5.41, 5.74) is 1.97. The molecule has 1 N–H and O–H groups in total. The average Bonchev–Trinajstić information content (AvgIpc) is 2.43. The van der Waals surface area contributed by atoms with Crippen LogP contribution in [0.4, 0.5) is 0 Å². The molecule has 0 aliphatic rings. The molecule has 19 heavy (non-hydrogen) atoms. The third-order valence-corrected chi connectivity index (χ3v) is 2.62. The highest BCUT2D eigenvalue weighted by atomic mass is 16.5. The zero-order chi connectivity index (χ0) is 13.5. The Hall–Kier alpha value is -1.94. The molecule has 4 nitrogen and oxygen atoms in total. The molecule has 0 spiro atoms. The van der Waals surface area contributed by atoms with Gasteiger partial charge in [-0.15, -0.1) is 0 Å². The second-order valence-corrected chi connectivity index (χ2v) is 4.30. The number of ether oxygens (including phenoxy) is 1. The van der Waals surface area contributed by atoms with Crippen LogP contribution in [0.25, 0.3) is 0 Å². The molecule has 0 fully saturated rings. The molecule has 2 rings (SSSR count). The number of rotatable bonds is 6. The van der Waals surface area contributed by atoms with E-state index in [-0.39, 0.29) is 0 Å². The zero-order valence-corrected chi connectivity index (χ0v) is 11.4. The molecule has 1 aromatic carbocycles. The van der Waals surface area contributed by atoms with Gasteiger partial charge in [-0.05, 0) is 31.7 Å². The summed E-state index contributed by atoms with van der Waals surface area (Å²) in [7, 11) is 0. The maximum Gasteiger partial charge on any atom is 0.166 e. The molecule has 1 aromatic heterocycles. The molecule has 0 saturated carbocycles. The predicted molar refractivity (Wildman–Crippen MR) is 74.9 cm³/mol. The minimum Gasteiger partial charge on any atom is -0.486 e. The quantitative estimate of drug-likeness (QED) is 0.863. The van der Waals surface area contributed by atoms with Gasteiger partial charge in [-0.1, -0.05) is 25.1 Å². The minimum atomic E-state index is 0.394. The number of benzene rings is 1. The van der Waals surface area contributed by atoms with E-state index in [9.17, 15) is 0 Å². The molecule has 2 aromatic rings. The van der Waals surface area contributed by atoms with Crippen LogP contribution in [0, 0.1) is 6.92 Å². The maximum absolute atomic E-state index is 5.66. The molecule has 0 aliphatic carbocycles. The fourth-order valence-electron chi connectivity index (χ4n) is 1.77. The van der Waals surface area contributed by atoms with Gasteiger partial charge in [-0.3, -0.25) is 0 Å². The monoisotopic (exact) mass is 257 g/mol. The first-order chi connectivity index (χ1) is 9.28. The first-order valence-electron chi connectivity index (χ1n) is 6.50. The van der Waals surface area contributed by atoms with E-state index in [0.29, 0.717) is 6.61 Å².